The summed E-state index contributed by atoms with van der Waals surface area (Å²) in [4.78, 5) is 4.61. The minimum absolute atomic E-state index is 0.0805. The quantitative estimate of drug-likeness (QED) is 0.300. The van der Waals surface area contributed by atoms with Crippen molar-refractivity contribution in [1.82, 2.24) is 4.98 Å². The third-order valence-electron chi connectivity index (χ3n) is 2.85. The summed E-state index contributed by atoms with van der Waals surface area (Å²) < 4.78 is 12.9. The molecule has 0 saturated carbocycles. The van der Waals surface area contributed by atoms with Gasteiger partial charge in [-0.3, -0.25) is 0 Å². The molecule has 1 aromatic carbocycles. The van der Waals surface area contributed by atoms with E-state index in [1.807, 2.05) is 16.9 Å². The topological polar surface area (TPSA) is 31.4 Å². The largest absolute Gasteiger partial charge is 0.360 e. The van der Waals surface area contributed by atoms with E-state index in [0.717, 1.165) is 15.6 Å². The summed E-state index contributed by atoms with van der Waals surface area (Å²) in [7, 11) is 6.86. The van der Waals surface area contributed by atoms with E-state index < -0.39 is 0 Å². The molecule has 2 aromatic rings. The lowest BCUT2D eigenvalue weighted by atomic mass is 10.3. The van der Waals surface area contributed by atoms with Gasteiger partial charge in [-0.2, -0.15) is 0 Å². The predicted octanol–water partition coefficient (Wildman–Crippen LogP) is 3.59. The Labute approximate surface area is 134 Å². The fraction of sp³-hybridized carbons (Fsp3) is 0.462. The Morgan fingerprint density at radius 2 is 2.10 bits per heavy atom. The van der Waals surface area contributed by atoms with Crippen LogP contribution in [0.3, 0.4) is 0 Å². The minimum Gasteiger partial charge on any atom is -0.360 e. The number of methoxy groups -OCH3 is 2. The Morgan fingerprint density at radius 1 is 1.30 bits per heavy atom. The Kier molecular flexibility index (Phi) is 7.40. The van der Waals surface area contributed by atoms with Crippen LogP contribution in [-0.4, -0.2) is 40.4 Å². The van der Waals surface area contributed by atoms with Crippen LogP contribution in [0.15, 0.2) is 28.6 Å². The molecular formula is C13H19NO2S3Si. The van der Waals surface area contributed by atoms with Crippen LogP contribution in [0.5, 0.6) is 0 Å². The van der Waals surface area contributed by atoms with E-state index in [4.69, 9.17) is 9.47 Å². The molecule has 0 radical (unpaired) electrons. The van der Waals surface area contributed by atoms with Gasteiger partial charge in [0.25, 0.3) is 0 Å². The fourth-order valence-electron chi connectivity index (χ4n) is 1.78. The van der Waals surface area contributed by atoms with Gasteiger partial charge in [0.1, 0.15) is 5.91 Å². The number of ether oxygens (including phenoxy) is 2. The number of hydrogen-bond acceptors (Lipinski definition) is 6. The second-order valence-corrected chi connectivity index (χ2v) is 9.89. The molecule has 0 unspecified atom stereocenters. The molecule has 0 spiro atoms. The smallest absolute Gasteiger partial charge is 0.161 e. The average molecular weight is 346 g/mol. The highest BCUT2D eigenvalue weighted by atomic mass is 33.1. The summed E-state index contributed by atoms with van der Waals surface area (Å²) in [6.07, 6.45) is 1.23. The molecule has 2 rings (SSSR count). The third kappa shape index (κ3) is 5.05. The molecule has 0 amide bonds. The maximum Gasteiger partial charge on any atom is 0.161 e. The molecular weight excluding hydrogens is 326 g/mol. The van der Waals surface area contributed by atoms with Crippen LogP contribution < -0.4 is 0 Å². The van der Waals surface area contributed by atoms with Crippen LogP contribution in [0.2, 0.25) is 6.04 Å². The van der Waals surface area contributed by atoms with Gasteiger partial charge >= 0.3 is 0 Å². The van der Waals surface area contributed by atoms with E-state index in [9.17, 15) is 0 Å². The zero-order valence-electron chi connectivity index (χ0n) is 11.7. The van der Waals surface area contributed by atoms with Crippen LogP contribution in [-0.2, 0) is 9.47 Å². The summed E-state index contributed by atoms with van der Waals surface area (Å²) in [5, 5.41) is 0. The number of aromatic nitrogens is 1. The lowest BCUT2D eigenvalue weighted by Crippen LogP contribution is -2.21. The van der Waals surface area contributed by atoms with Crippen molar-refractivity contribution in [3.05, 3.63) is 24.3 Å². The summed E-state index contributed by atoms with van der Waals surface area (Å²) in [6, 6.07) is 9.57. The maximum absolute atomic E-state index is 5.23. The second kappa shape index (κ2) is 9.06. The molecule has 110 valence electrons. The molecule has 1 heterocycles. The van der Waals surface area contributed by atoms with Gasteiger partial charge in [-0.1, -0.05) is 29.0 Å². The second-order valence-electron chi connectivity index (χ2n) is 4.25. The monoisotopic (exact) mass is 345 g/mol. The van der Waals surface area contributed by atoms with E-state index in [1.165, 1.54) is 17.2 Å². The molecule has 1 aromatic heterocycles. The first-order valence-electron chi connectivity index (χ1n) is 6.54. The number of thiazole rings is 1. The van der Waals surface area contributed by atoms with E-state index >= 15 is 0 Å². The van der Waals surface area contributed by atoms with E-state index in [1.54, 1.807) is 36.4 Å². The highest BCUT2D eigenvalue weighted by Crippen LogP contribution is 2.36. The lowest BCUT2D eigenvalue weighted by Gasteiger charge is -2.11. The Balaban J connectivity index is 1.63. The Morgan fingerprint density at radius 3 is 2.85 bits per heavy atom. The molecule has 3 nitrogen and oxygen atoms in total. The molecule has 0 atom stereocenters. The molecule has 0 N–H and O–H groups in total. The van der Waals surface area contributed by atoms with Crippen molar-refractivity contribution >= 4 is 52.7 Å². The summed E-state index contributed by atoms with van der Waals surface area (Å²) in [5.41, 5.74) is 1.11. The van der Waals surface area contributed by atoms with Gasteiger partial charge in [0.15, 0.2) is 4.34 Å². The number of para-hydroxylation sites is 1. The standard InChI is InChI=1S/C13H19NO2S3Si/c1-15-13(16-2)20-9-5-8-17-19-12-14-10-6-3-4-7-11(10)18-12/h3-4,6-7,13H,5,8-9,20H2,1-2H3. The van der Waals surface area contributed by atoms with Crippen LogP contribution in [0.4, 0.5) is 0 Å². The summed E-state index contributed by atoms with van der Waals surface area (Å²) >= 11 is 1.77. The normalized spacial score (nSPS) is 12.2. The van der Waals surface area contributed by atoms with Gasteiger partial charge in [-0.05, 0) is 29.3 Å². The molecule has 20 heavy (non-hydrogen) atoms. The lowest BCUT2D eigenvalue weighted by molar-refractivity contribution is -0.0441. The van der Waals surface area contributed by atoms with Gasteiger partial charge < -0.3 is 9.47 Å². The van der Waals surface area contributed by atoms with Crippen molar-refractivity contribution in [2.24, 2.45) is 0 Å². The van der Waals surface area contributed by atoms with Gasteiger partial charge in [0.2, 0.25) is 0 Å². The van der Waals surface area contributed by atoms with E-state index in [2.05, 4.69) is 23.2 Å². The fourth-order valence-corrected chi connectivity index (χ4v) is 6.99. The SMILES string of the molecule is COC(OC)[SiH2]CCCSSc1nc2ccccc2s1. The van der Waals surface area contributed by atoms with Gasteiger partial charge in [-0.15, -0.1) is 11.3 Å². The molecule has 0 saturated heterocycles. The first-order chi connectivity index (χ1) is 9.83. The molecule has 0 aliphatic carbocycles. The number of benzene rings is 1. The molecule has 0 fully saturated rings. The average Bonchev–Trinajstić information content (AvgIpc) is 2.89. The zero-order chi connectivity index (χ0) is 14.2. The van der Waals surface area contributed by atoms with Crippen LogP contribution in [0, 0.1) is 0 Å². The highest BCUT2D eigenvalue weighted by Gasteiger charge is 2.06. The van der Waals surface area contributed by atoms with Crippen molar-refractivity contribution in [3.63, 3.8) is 0 Å². The Hall–Kier alpha value is -0.0531. The van der Waals surface area contributed by atoms with E-state index in [-0.39, 0.29) is 15.4 Å². The number of fused-ring (bicyclic) bond motifs is 1. The maximum atomic E-state index is 5.23. The van der Waals surface area contributed by atoms with Crippen molar-refractivity contribution in [2.45, 2.75) is 22.7 Å². The predicted molar refractivity (Wildman–Crippen MR) is 93.7 cm³/mol. The first kappa shape index (κ1) is 16.3. The summed E-state index contributed by atoms with van der Waals surface area (Å²) in [5.74, 6) is 1.24. The molecule has 0 aliphatic rings. The van der Waals surface area contributed by atoms with Crippen LogP contribution in [0.25, 0.3) is 10.2 Å². The first-order valence-corrected chi connectivity index (χ1v) is 11.5. The van der Waals surface area contributed by atoms with E-state index in [0.29, 0.717) is 0 Å². The molecule has 7 heteroatoms. The molecule has 0 bridgehead atoms. The minimum atomic E-state index is -0.265. The number of nitrogens with zero attached hydrogens (tertiary/aromatic N) is 1. The summed E-state index contributed by atoms with van der Waals surface area (Å²) in [6.45, 7) is 0. The number of rotatable bonds is 9. The van der Waals surface area contributed by atoms with Crippen molar-refractivity contribution in [1.29, 1.82) is 0 Å². The highest BCUT2D eigenvalue weighted by molar-refractivity contribution is 8.77. The molecule has 0 aliphatic heterocycles. The van der Waals surface area contributed by atoms with Crippen LogP contribution in [0.1, 0.15) is 6.42 Å². The van der Waals surface area contributed by atoms with Crippen molar-refractivity contribution < 1.29 is 9.47 Å². The van der Waals surface area contributed by atoms with Crippen LogP contribution >= 0.6 is 32.9 Å². The van der Waals surface area contributed by atoms with Gasteiger partial charge in [-0.25, -0.2) is 4.98 Å². The van der Waals surface area contributed by atoms with Gasteiger partial charge in [0.05, 0.1) is 19.7 Å². The van der Waals surface area contributed by atoms with Crippen molar-refractivity contribution in [3.8, 4) is 0 Å². The Bertz CT molecular complexity index is 486. The van der Waals surface area contributed by atoms with Crippen molar-refractivity contribution in [2.75, 3.05) is 20.0 Å². The van der Waals surface area contributed by atoms with Gasteiger partial charge in [0, 0.05) is 20.0 Å². The number of hydrogen-bond donors (Lipinski definition) is 0. The zero-order valence-corrected chi connectivity index (χ0v) is 15.6. The third-order valence-corrected chi connectivity index (χ3v) is 8.68.